The van der Waals surface area contributed by atoms with E-state index in [0.29, 0.717) is 25.3 Å². The zero-order chi connectivity index (χ0) is 22.4. The van der Waals surface area contributed by atoms with Gasteiger partial charge >= 0.3 is 12.1 Å². The van der Waals surface area contributed by atoms with Crippen LogP contribution in [0.2, 0.25) is 0 Å². The Morgan fingerprint density at radius 3 is 2.21 bits per heavy atom. The molecule has 0 unspecified atom stereocenters. The lowest BCUT2D eigenvalue weighted by molar-refractivity contribution is -0.137. The molecule has 0 aliphatic heterocycles. The predicted octanol–water partition coefficient (Wildman–Crippen LogP) is 5.15. The van der Waals surface area contributed by atoms with Gasteiger partial charge in [0.05, 0.1) is 13.2 Å². The molecule has 0 spiro atoms. The molecular formula is C23H37NO5. The Morgan fingerprint density at radius 1 is 1.10 bits per heavy atom. The molecule has 0 atom stereocenters. The molecule has 0 heterocycles. The van der Waals surface area contributed by atoms with Crippen LogP contribution in [0.25, 0.3) is 0 Å². The molecule has 1 aromatic carbocycles. The number of carbonyl (C=O) groups is 2. The van der Waals surface area contributed by atoms with Crippen LogP contribution in [0.1, 0.15) is 54.0 Å². The topological polar surface area (TPSA) is 65.1 Å². The quantitative estimate of drug-likeness (QED) is 0.441. The summed E-state index contributed by atoms with van der Waals surface area (Å²) in [5.74, 6) is 0.318. The van der Waals surface area contributed by atoms with Crippen LogP contribution in [-0.4, -0.2) is 48.9 Å². The number of ether oxygens (including phenoxy) is 3. The third kappa shape index (κ3) is 12.5. The monoisotopic (exact) mass is 407 g/mol. The highest BCUT2D eigenvalue weighted by Crippen LogP contribution is 2.13. The van der Waals surface area contributed by atoms with E-state index in [0.717, 1.165) is 11.3 Å². The highest BCUT2D eigenvalue weighted by Gasteiger charge is 2.22. The van der Waals surface area contributed by atoms with Crippen molar-refractivity contribution in [3.8, 4) is 5.75 Å². The average molecular weight is 408 g/mol. The van der Waals surface area contributed by atoms with Gasteiger partial charge in [-0.3, -0.25) is 0 Å². The minimum absolute atomic E-state index is 0.255. The van der Waals surface area contributed by atoms with Gasteiger partial charge in [0, 0.05) is 12.6 Å². The SMILES string of the molecule is CC.CCOC(=O)/C=C(\C)CN(CCOc1ccc(C)cc1)C(=O)OC(C)(C)C. The first-order valence-corrected chi connectivity index (χ1v) is 10.1. The standard InChI is InChI=1S/C21H31NO5.C2H6/c1-7-25-19(23)14-17(3)15-22(20(24)27-21(4,5)6)12-13-26-18-10-8-16(2)9-11-18;1-2/h8-11,14H,7,12-13,15H2,1-6H3;1-2H3/b17-14+;. The Kier molecular flexibility index (Phi) is 12.5. The molecule has 0 fully saturated rings. The van der Waals surface area contributed by atoms with E-state index in [2.05, 4.69) is 0 Å². The fourth-order valence-corrected chi connectivity index (χ4v) is 2.20. The summed E-state index contributed by atoms with van der Waals surface area (Å²) in [6.45, 7) is 16.2. The molecule has 0 radical (unpaired) electrons. The first-order chi connectivity index (χ1) is 13.6. The summed E-state index contributed by atoms with van der Waals surface area (Å²) in [5, 5.41) is 0. The number of rotatable bonds is 8. The maximum atomic E-state index is 12.5. The number of aryl methyl sites for hydroxylation is 1. The molecule has 164 valence electrons. The highest BCUT2D eigenvalue weighted by atomic mass is 16.6. The summed E-state index contributed by atoms with van der Waals surface area (Å²) < 4.78 is 16.1. The Hall–Kier alpha value is -2.50. The first kappa shape index (κ1) is 26.5. The summed E-state index contributed by atoms with van der Waals surface area (Å²) in [7, 11) is 0. The van der Waals surface area contributed by atoms with Gasteiger partial charge in [-0.05, 0) is 59.2 Å². The molecule has 1 rings (SSSR count). The van der Waals surface area contributed by atoms with E-state index in [-0.39, 0.29) is 6.54 Å². The van der Waals surface area contributed by atoms with Crippen LogP contribution < -0.4 is 4.74 Å². The summed E-state index contributed by atoms with van der Waals surface area (Å²) in [6.07, 6.45) is 0.938. The zero-order valence-corrected chi connectivity index (χ0v) is 19.2. The minimum Gasteiger partial charge on any atom is -0.492 e. The van der Waals surface area contributed by atoms with Crippen LogP contribution in [0.3, 0.4) is 0 Å². The number of amides is 1. The number of hydrogen-bond donors (Lipinski definition) is 0. The van der Waals surface area contributed by atoms with Gasteiger partial charge in [-0.25, -0.2) is 9.59 Å². The van der Waals surface area contributed by atoms with Crippen molar-refractivity contribution in [2.24, 2.45) is 0 Å². The molecular weight excluding hydrogens is 370 g/mol. The van der Waals surface area contributed by atoms with Crippen LogP contribution in [0.15, 0.2) is 35.9 Å². The lowest BCUT2D eigenvalue weighted by Gasteiger charge is -2.27. The molecule has 0 bridgehead atoms. The molecule has 0 saturated heterocycles. The van der Waals surface area contributed by atoms with Gasteiger partial charge < -0.3 is 19.1 Å². The molecule has 0 aromatic heterocycles. The van der Waals surface area contributed by atoms with E-state index in [1.807, 2.05) is 65.8 Å². The van der Waals surface area contributed by atoms with Crippen LogP contribution in [0.4, 0.5) is 4.79 Å². The van der Waals surface area contributed by atoms with E-state index >= 15 is 0 Å². The van der Waals surface area contributed by atoms with E-state index in [4.69, 9.17) is 14.2 Å². The molecule has 0 saturated carbocycles. The van der Waals surface area contributed by atoms with Crippen LogP contribution in [0, 0.1) is 6.92 Å². The predicted molar refractivity (Wildman–Crippen MR) is 116 cm³/mol. The largest absolute Gasteiger partial charge is 0.492 e. The number of nitrogens with zero attached hydrogens (tertiary/aromatic N) is 1. The average Bonchev–Trinajstić information content (AvgIpc) is 2.63. The van der Waals surface area contributed by atoms with Crippen molar-refractivity contribution in [2.45, 2.75) is 61.0 Å². The Balaban J connectivity index is 0.00000379. The molecule has 1 amide bonds. The van der Waals surface area contributed by atoms with Crippen LogP contribution in [0.5, 0.6) is 5.75 Å². The molecule has 1 aromatic rings. The van der Waals surface area contributed by atoms with Gasteiger partial charge in [-0.1, -0.05) is 31.5 Å². The van der Waals surface area contributed by atoms with Crippen molar-refractivity contribution in [3.05, 3.63) is 41.5 Å². The van der Waals surface area contributed by atoms with Gasteiger partial charge in [0.1, 0.15) is 18.0 Å². The van der Waals surface area contributed by atoms with Crippen molar-refractivity contribution >= 4 is 12.1 Å². The third-order valence-electron chi connectivity index (χ3n) is 3.39. The minimum atomic E-state index is -0.605. The fourth-order valence-electron chi connectivity index (χ4n) is 2.20. The van der Waals surface area contributed by atoms with Crippen molar-refractivity contribution in [1.29, 1.82) is 0 Å². The highest BCUT2D eigenvalue weighted by molar-refractivity contribution is 5.82. The zero-order valence-electron chi connectivity index (χ0n) is 19.2. The van der Waals surface area contributed by atoms with E-state index in [1.165, 1.54) is 11.0 Å². The van der Waals surface area contributed by atoms with Crippen molar-refractivity contribution < 1.29 is 23.8 Å². The van der Waals surface area contributed by atoms with E-state index < -0.39 is 17.7 Å². The fraction of sp³-hybridized carbons (Fsp3) is 0.565. The van der Waals surface area contributed by atoms with Crippen LogP contribution >= 0.6 is 0 Å². The second kappa shape index (κ2) is 13.6. The first-order valence-electron chi connectivity index (χ1n) is 10.1. The maximum Gasteiger partial charge on any atom is 0.410 e. The molecule has 29 heavy (non-hydrogen) atoms. The normalized spacial score (nSPS) is 11.1. The Bertz CT molecular complexity index is 644. The lowest BCUT2D eigenvalue weighted by Crippen LogP contribution is -2.40. The number of esters is 1. The summed E-state index contributed by atoms with van der Waals surface area (Å²) in [5.41, 5.74) is 1.25. The van der Waals surface area contributed by atoms with Crippen molar-refractivity contribution in [3.63, 3.8) is 0 Å². The van der Waals surface area contributed by atoms with Crippen molar-refractivity contribution in [1.82, 2.24) is 4.90 Å². The number of carbonyl (C=O) groups excluding carboxylic acids is 2. The molecule has 6 heteroatoms. The molecule has 0 N–H and O–H groups in total. The van der Waals surface area contributed by atoms with E-state index in [1.54, 1.807) is 13.8 Å². The number of benzene rings is 1. The summed E-state index contributed by atoms with van der Waals surface area (Å²) >= 11 is 0. The Morgan fingerprint density at radius 2 is 1.69 bits per heavy atom. The second-order valence-corrected chi connectivity index (χ2v) is 7.31. The van der Waals surface area contributed by atoms with E-state index in [9.17, 15) is 9.59 Å². The smallest absolute Gasteiger partial charge is 0.410 e. The second-order valence-electron chi connectivity index (χ2n) is 7.31. The maximum absolute atomic E-state index is 12.5. The van der Waals surface area contributed by atoms with Gasteiger partial charge in [0.2, 0.25) is 0 Å². The molecule has 0 aliphatic rings. The van der Waals surface area contributed by atoms with Crippen molar-refractivity contribution in [2.75, 3.05) is 26.3 Å². The summed E-state index contributed by atoms with van der Waals surface area (Å²) in [4.78, 5) is 25.6. The Labute approximate surface area is 175 Å². The van der Waals surface area contributed by atoms with Crippen LogP contribution in [-0.2, 0) is 14.3 Å². The van der Waals surface area contributed by atoms with Gasteiger partial charge in [0.15, 0.2) is 0 Å². The summed E-state index contributed by atoms with van der Waals surface area (Å²) in [6, 6.07) is 7.71. The number of hydrogen-bond acceptors (Lipinski definition) is 5. The molecule has 6 nitrogen and oxygen atoms in total. The van der Waals surface area contributed by atoms with Gasteiger partial charge in [0.25, 0.3) is 0 Å². The van der Waals surface area contributed by atoms with Gasteiger partial charge in [-0.15, -0.1) is 0 Å². The lowest BCUT2D eigenvalue weighted by atomic mass is 10.2. The molecule has 0 aliphatic carbocycles. The third-order valence-corrected chi connectivity index (χ3v) is 3.39. The van der Waals surface area contributed by atoms with Gasteiger partial charge in [-0.2, -0.15) is 0 Å².